The number of nitrogens with zero attached hydrogens (tertiary/aromatic N) is 2. The number of rotatable bonds is 5. The van der Waals surface area contributed by atoms with Crippen LogP contribution in [0.1, 0.15) is 11.1 Å². The first-order chi connectivity index (χ1) is 12.6. The lowest BCUT2D eigenvalue weighted by molar-refractivity contribution is 0.307. The van der Waals surface area contributed by atoms with E-state index in [1.54, 1.807) is 12.1 Å². The Kier molecular flexibility index (Phi) is 5.76. The number of para-hydroxylation sites is 1. The summed E-state index contributed by atoms with van der Waals surface area (Å²) in [5.74, 6) is 0.567. The van der Waals surface area contributed by atoms with E-state index in [9.17, 15) is 10.1 Å². The van der Waals surface area contributed by atoms with Crippen LogP contribution in [0.3, 0.4) is 0 Å². The number of halogens is 1. The summed E-state index contributed by atoms with van der Waals surface area (Å²) in [6.45, 7) is 0.366. The quantitative estimate of drug-likeness (QED) is 0.482. The largest absolute Gasteiger partial charge is 0.488 e. The molecular weight excluding hydrogens is 414 g/mol. The predicted octanol–water partition coefficient (Wildman–Crippen LogP) is 4.37. The molecule has 0 aliphatic carbocycles. The normalized spacial score (nSPS) is 10.3. The Bertz CT molecular complexity index is 1030. The van der Waals surface area contributed by atoms with Crippen molar-refractivity contribution in [2.75, 3.05) is 6.26 Å². The van der Waals surface area contributed by atoms with Gasteiger partial charge in [-0.25, -0.2) is 4.98 Å². The smallest absolute Gasteiger partial charge is 0.270 e. The molecule has 0 fully saturated rings. The Labute approximate surface area is 163 Å². The predicted molar refractivity (Wildman–Crippen MR) is 105 cm³/mol. The average molecular weight is 428 g/mol. The molecule has 3 rings (SSSR count). The number of nitriles is 1. The van der Waals surface area contributed by atoms with Gasteiger partial charge >= 0.3 is 0 Å². The minimum absolute atomic E-state index is 0.0255. The molecule has 1 N–H and O–H groups in total. The molecule has 0 unspecified atom stereocenters. The zero-order chi connectivity index (χ0) is 18.5. The number of thioether (sulfide) groups is 1. The molecule has 0 bridgehead atoms. The summed E-state index contributed by atoms with van der Waals surface area (Å²) in [6.07, 6.45) is 1.81. The van der Waals surface area contributed by atoms with Gasteiger partial charge in [0.15, 0.2) is 5.16 Å². The maximum absolute atomic E-state index is 12.2. The molecule has 0 amide bonds. The Hall–Kier alpha value is -2.56. The summed E-state index contributed by atoms with van der Waals surface area (Å²) in [7, 11) is 0. The average Bonchev–Trinajstić information content (AvgIpc) is 2.67. The van der Waals surface area contributed by atoms with Crippen LogP contribution in [0.2, 0.25) is 0 Å². The number of nitrogens with one attached hydrogen (secondary N) is 1. The molecule has 1 aromatic heterocycles. The molecule has 130 valence electrons. The third kappa shape index (κ3) is 3.98. The van der Waals surface area contributed by atoms with Crippen LogP contribution >= 0.6 is 27.7 Å². The van der Waals surface area contributed by atoms with Crippen molar-refractivity contribution in [2.45, 2.75) is 11.8 Å². The molecule has 0 saturated carbocycles. The van der Waals surface area contributed by atoms with Crippen LogP contribution in [0.15, 0.2) is 63.0 Å². The number of hydrogen-bond acceptors (Lipinski definition) is 5. The van der Waals surface area contributed by atoms with E-state index in [4.69, 9.17) is 4.74 Å². The number of hydrogen-bond donors (Lipinski definition) is 1. The van der Waals surface area contributed by atoms with E-state index < -0.39 is 5.56 Å². The molecule has 0 spiro atoms. The van der Waals surface area contributed by atoms with Gasteiger partial charge in [-0.15, -0.1) is 0 Å². The minimum Gasteiger partial charge on any atom is -0.488 e. The van der Waals surface area contributed by atoms with Gasteiger partial charge in [-0.05, 0) is 36.1 Å². The van der Waals surface area contributed by atoms with Crippen molar-refractivity contribution < 1.29 is 4.74 Å². The molecule has 3 aromatic rings. The Morgan fingerprint density at radius 2 is 1.96 bits per heavy atom. The molecule has 1 heterocycles. The van der Waals surface area contributed by atoms with Gasteiger partial charge < -0.3 is 9.72 Å². The van der Waals surface area contributed by atoms with Gasteiger partial charge in [0.25, 0.3) is 5.56 Å². The molecule has 0 aliphatic heterocycles. The first-order valence-corrected chi connectivity index (χ1v) is 9.69. The van der Waals surface area contributed by atoms with Crippen molar-refractivity contribution in [1.29, 1.82) is 5.26 Å². The molecule has 0 aliphatic rings. The highest BCUT2D eigenvalue weighted by atomic mass is 79.9. The van der Waals surface area contributed by atoms with Crippen LogP contribution in [0.4, 0.5) is 0 Å². The summed E-state index contributed by atoms with van der Waals surface area (Å²) < 4.78 is 6.94. The van der Waals surface area contributed by atoms with Crippen molar-refractivity contribution in [1.82, 2.24) is 9.97 Å². The fourth-order valence-electron chi connectivity index (χ4n) is 2.38. The second kappa shape index (κ2) is 8.21. The van der Waals surface area contributed by atoms with Gasteiger partial charge in [0.05, 0.1) is 0 Å². The van der Waals surface area contributed by atoms with Crippen LogP contribution in [0, 0.1) is 11.3 Å². The molecule has 0 saturated heterocycles. The monoisotopic (exact) mass is 427 g/mol. The second-order valence-electron chi connectivity index (χ2n) is 5.32. The number of aromatic nitrogens is 2. The van der Waals surface area contributed by atoms with Gasteiger partial charge in [0.2, 0.25) is 0 Å². The highest BCUT2D eigenvalue weighted by molar-refractivity contribution is 9.10. The van der Waals surface area contributed by atoms with Gasteiger partial charge in [0.1, 0.15) is 29.7 Å². The maximum atomic E-state index is 12.2. The third-order valence-electron chi connectivity index (χ3n) is 3.65. The fraction of sp³-hybridized carbons (Fsp3) is 0.105. The zero-order valence-corrected chi connectivity index (χ0v) is 16.2. The van der Waals surface area contributed by atoms with Gasteiger partial charge in [-0.1, -0.05) is 52.0 Å². The molecule has 0 atom stereocenters. The van der Waals surface area contributed by atoms with E-state index in [0.29, 0.717) is 28.8 Å². The number of H-pyrrole nitrogens is 1. The molecular formula is C19H14BrN3O2S. The Balaban J connectivity index is 2.00. The van der Waals surface area contributed by atoms with E-state index in [0.717, 1.165) is 10.0 Å². The lowest BCUT2D eigenvalue weighted by atomic mass is 10.1. The summed E-state index contributed by atoms with van der Waals surface area (Å²) >= 11 is 4.71. The summed E-state index contributed by atoms with van der Waals surface area (Å²) in [5, 5.41) is 9.84. The third-order valence-corrected chi connectivity index (χ3v) is 4.76. The second-order valence-corrected chi connectivity index (χ2v) is 7.03. The number of aromatic amines is 1. The molecule has 26 heavy (non-hydrogen) atoms. The zero-order valence-electron chi connectivity index (χ0n) is 13.8. The topological polar surface area (TPSA) is 78.8 Å². The molecule has 5 nitrogen and oxygen atoms in total. The van der Waals surface area contributed by atoms with Gasteiger partial charge in [-0.2, -0.15) is 5.26 Å². The van der Waals surface area contributed by atoms with E-state index in [1.165, 1.54) is 11.8 Å². The van der Waals surface area contributed by atoms with E-state index in [-0.39, 0.29) is 5.56 Å². The first-order valence-electron chi connectivity index (χ1n) is 7.67. The Morgan fingerprint density at radius 3 is 2.65 bits per heavy atom. The lowest BCUT2D eigenvalue weighted by Gasteiger charge is -2.12. The molecule has 2 aromatic carbocycles. The first kappa shape index (κ1) is 18.2. The molecule has 0 radical (unpaired) electrons. The van der Waals surface area contributed by atoms with Crippen molar-refractivity contribution in [3.8, 4) is 23.1 Å². The van der Waals surface area contributed by atoms with Crippen LogP contribution in [0.25, 0.3) is 11.3 Å². The lowest BCUT2D eigenvalue weighted by Crippen LogP contribution is -2.15. The summed E-state index contributed by atoms with van der Waals surface area (Å²) in [5.41, 5.74) is 1.47. The minimum atomic E-state index is -0.454. The number of ether oxygens (including phenoxy) is 1. The SMILES string of the molecule is CSc1nc(-c2ccccc2OCc2ccc(Br)cc2)c(C#N)c(=O)[nH]1. The van der Waals surface area contributed by atoms with Crippen LogP contribution in [0.5, 0.6) is 5.75 Å². The van der Waals surface area contributed by atoms with Gasteiger partial charge in [-0.3, -0.25) is 4.79 Å². The highest BCUT2D eigenvalue weighted by Crippen LogP contribution is 2.31. The summed E-state index contributed by atoms with van der Waals surface area (Å²) in [6, 6.07) is 17.0. The molecule has 7 heteroatoms. The van der Waals surface area contributed by atoms with Gasteiger partial charge in [0, 0.05) is 10.0 Å². The van der Waals surface area contributed by atoms with Crippen LogP contribution in [-0.2, 0) is 6.61 Å². The van der Waals surface area contributed by atoms with Crippen LogP contribution in [-0.4, -0.2) is 16.2 Å². The fourth-order valence-corrected chi connectivity index (χ4v) is 3.02. The van der Waals surface area contributed by atoms with E-state index in [2.05, 4.69) is 25.9 Å². The standard InChI is InChI=1S/C19H14BrN3O2S/c1-26-19-22-17(15(10-21)18(24)23-19)14-4-2-3-5-16(14)25-11-12-6-8-13(20)9-7-12/h2-9H,11H2,1H3,(H,22,23,24). The van der Waals surface area contributed by atoms with Crippen molar-refractivity contribution in [3.05, 3.63) is 74.5 Å². The Morgan fingerprint density at radius 1 is 1.23 bits per heavy atom. The summed E-state index contributed by atoms with van der Waals surface area (Å²) in [4.78, 5) is 19.2. The van der Waals surface area contributed by atoms with Crippen molar-refractivity contribution in [3.63, 3.8) is 0 Å². The number of benzene rings is 2. The maximum Gasteiger partial charge on any atom is 0.270 e. The highest BCUT2D eigenvalue weighted by Gasteiger charge is 2.16. The van der Waals surface area contributed by atoms with E-state index >= 15 is 0 Å². The van der Waals surface area contributed by atoms with Crippen molar-refractivity contribution in [2.24, 2.45) is 0 Å². The van der Waals surface area contributed by atoms with Crippen LogP contribution < -0.4 is 10.3 Å². The van der Waals surface area contributed by atoms with Crippen molar-refractivity contribution >= 4 is 27.7 Å². The van der Waals surface area contributed by atoms with E-state index in [1.807, 2.05) is 48.7 Å².